The number of rotatable bonds is 6. The Balaban J connectivity index is 2.80. The fourth-order valence-electron chi connectivity index (χ4n) is 1.49. The monoisotopic (exact) mass is 223 g/mol. The predicted octanol–water partition coefficient (Wildman–Crippen LogP) is 1.17. The van der Waals surface area contributed by atoms with Crippen molar-refractivity contribution in [2.75, 3.05) is 6.61 Å². The molecule has 2 unspecified atom stereocenters. The highest BCUT2D eigenvalue weighted by Gasteiger charge is 2.21. The lowest BCUT2D eigenvalue weighted by Gasteiger charge is -2.20. The number of aliphatic carboxylic acids is 1. The summed E-state index contributed by atoms with van der Waals surface area (Å²) >= 11 is 0. The fourth-order valence-corrected chi connectivity index (χ4v) is 1.49. The fraction of sp³-hybridized carbons (Fsp3) is 0.417. The van der Waals surface area contributed by atoms with E-state index in [1.807, 2.05) is 13.0 Å². The van der Waals surface area contributed by atoms with E-state index < -0.39 is 12.0 Å². The molecule has 3 N–H and O–H groups in total. The summed E-state index contributed by atoms with van der Waals surface area (Å²) in [6, 6.07) is 8.00. The molecule has 1 aromatic carbocycles. The molecule has 0 fully saturated rings. The van der Waals surface area contributed by atoms with Crippen molar-refractivity contribution in [1.82, 2.24) is 5.32 Å². The van der Waals surface area contributed by atoms with Gasteiger partial charge in [-0.25, -0.2) is 0 Å². The zero-order valence-electron chi connectivity index (χ0n) is 9.26. The molecule has 0 aliphatic heterocycles. The second kappa shape index (κ2) is 6.25. The number of nitrogens with one attached hydrogen (secondary N) is 1. The van der Waals surface area contributed by atoms with E-state index in [0.717, 1.165) is 0 Å². The van der Waals surface area contributed by atoms with Gasteiger partial charge < -0.3 is 10.2 Å². The number of benzene rings is 1. The van der Waals surface area contributed by atoms with Gasteiger partial charge >= 0.3 is 5.97 Å². The molecule has 16 heavy (non-hydrogen) atoms. The van der Waals surface area contributed by atoms with Crippen LogP contribution < -0.4 is 5.32 Å². The third kappa shape index (κ3) is 3.32. The minimum atomic E-state index is -0.932. The Morgan fingerprint density at radius 2 is 2.00 bits per heavy atom. The maximum Gasteiger partial charge on any atom is 0.325 e. The molecule has 0 amide bonds. The Bertz CT molecular complexity index is 322. The molecule has 0 aliphatic rings. The molecule has 88 valence electrons. The minimum absolute atomic E-state index is 0.0624. The van der Waals surface area contributed by atoms with Gasteiger partial charge in [-0.3, -0.25) is 10.1 Å². The predicted molar refractivity (Wildman–Crippen MR) is 61.1 cm³/mol. The van der Waals surface area contributed by atoms with Gasteiger partial charge in [0, 0.05) is 6.04 Å². The van der Waals surface area contributed by atoms with Crippen LogP contribution in [-0.4, -0.2) is 28.8 Å². The van der Waals surface area contributed by atoms with Gasteiger partial charge in [-0.15, -0.1) is 0 Å². The van der Waals surface area contributed by atoms with Gasteiger partial charge in [-0.1, -0.05) is 37.3 Å². The molecule has 0 heterocycles. The van der Waals surface area contributed by atoms with Crippen molar-refractivity contribution in [3.05, 3.63) is 35.9 Å². The number of hydrogen-bond acceptors (Lipinski definition) is 3. The van der Waals surface area contributed by atoms with Crippen LogP contribution >= 0.6 is 0 Å². The zero-order valence-corrected chi connectivity index (χ0v) is 9.26. The molecule has 0 saturated carbocycles. The second-order valence-electron chi connectivity index (χ2n) is 3.64. The number of carboxylic acid groups (broad SMARTS) is 1. The van der Waals surface area contributed by atoms with Crippen molar-refractivity contribution >= 4 is 5.97 Å². The van der Waals surface area contributed by atoms with E-state index >= 15 is 0 Å². The molecule has 0 aliphatic carbocycles. The molecule has 2 atom stereocenters. The Kier molecular flexibility index (Phi) is 4.95. The topological polar surface area (TPSA) is 69.6 Å². The van der Waals surface area contributed by atoms with Gasteiger partial charge in [0.2, 0.25) is 0 Å². The van der Waals surface area contributed by atoms with Crippen molar-refractivity contribution in [2.24, 2.45) is 0 Å². The minimum Gasteiger partial charge on any atom is -0.480 e. The molecule has 0 saturated heterocycles. The zero-order chi connectivity index (χ0) is 12.0. The molecule has 1 rings (SSSR count). The number of hydrogen-bond donors (Lipinski definition) is 3. The van der Waals surface area contributed by atoms with Gasteiger partial charge in [0.1, 0.15) is 6.04 Å². The molecule has 4 nitrogen and oxygen atoms in total. The molecule has 4 heteroatoms. The van der Waals surface area contributed by atoms with Crippen LogP contribution in [0.3, 0.4) is 0 Å². The first kappa shape index (κ1) is 12.7. The summed E-state index contributed by atoms with van der Waals surface area (Å²) in [5, 5.41) is 21.1. The normalized spacial score (nSPS) is 14.4. The molecule has 0 radical (unpaired) electrons. The molecular weight excluding hydrogens is 206 g/mol. The number of aliphatic hydroxyl groups is 1. The lowest BCUT2D eigenvalue weighted by Crippen LogP contribution is -2.38. The van der Waals surface area contributed by atoms with Crippen LogP contribution in [0.25, 0.3) is 0 Å². The van der Waals surface area contributed by atoms with Crippen LogP contribution in [0.2, 0.25) is 0 Å². The third-order valence-corrected chi connectivity index (χ3v) is 2.50. The van der Waals surface area contributed by atoms with Crippen molar-refractivity contribution in [3.8, 4) is 0 Å². The standard InChI is InChI=1S/C12H17NO3/c1-2-10(8-14)13-11(12(15)16)9-6-4-3-5-7-9/h3-7,10-11,13-14H,2,8H2,1H3,(H,15,16). The second-order valence-corrected chi connectivity index (χ2v) is 3.64. The number of aliphatic hydroxyl groups excluding tert-OH is 1. The van der Waals surface area contributed by atoms with Gasteiger partial charge in [0.25, 0.3) is 0 Å². The highest BCUT2D eigenvalue weighted by molar-refractivity contribution is 5.75. The first-order chi connectivity index (χ1) is 7.69. The number of carbonyl (C=O) groups is 1. The Morgan fingerprint density at radius 3 is 2.44 bits per heavy atom. The average molecular weight is 223 g/mol. The summed E-state index contributed by atoms with van der Waals surface area (Å²) < 4.78 is 0. The van der Waals surface area contributed by atoms with E-state index in [0.29, 0.717) is 12.0 Å². The summed E-state index contributed by atoms with van der Waals surface area (Å²) in [5.41, 5.74) is 0.696. The summed E-state index contributed by atoms with van der Waals surface area (Å²) in [7, 11) is 0. The maximum atomic E-state index is 11.1. The van der Waals surface area contributed by atoms with Crippen LogP contribution in [0.5, 0.6) is 0 Å². The summed E-state index contributed by atoms with van der Waals surface area (Å²) in [6.07, 6.45) is 0.688. The molecule has 0 bridgehead atoms. The average Bonchev–Trinajstić information content (AvgIpc) is 2.31. The Morgan fingerprint density at radius 1 is 1.38 bits per heavy atom. The van der Waals surface area contributed by atoms with Crippen LogP contribution in [0, 0.1) is 0 Å². The van der Waals surface area contributed by atoms with Crippen LogP contribution in [0.4, 0.5) is 0 Å². The van der Waals surface area contributed by atoms with Gasteiger partial charge in [0.15, 0.2) is 0 Å². The van der Waals surface area contributed by atoms with Gasteiger partial charge in [0.05, 0.1) is 6.61 Å². The highest BCUT2D eigenvalue weighted by atomic mass is 16.4. The van der Waals surface area contributed by atoms with Crippen LogP contribution in [0.15, 0.2) is 30.3 Å². The smallest absolute Gasteiger partial charge is 0.325 e. The van der Waals surface area contributed by atoms with Crippen LogP contribution in [-0.2, 0) is 4.79 Å². The van der Waals surface area contributed by atoms with Gasteiger partial charge in [-0.05, 0) is 12.0 Å². The maximum absolute atomic E-state index is 11.1. The largest absolute Gasteiger partial charge is 0.480 e. The van der Waals surface area contributed by atoms with E-state index in [1.165, 1.54) is 0 Å². The van der Waals surface area contributed by atoms with E-state index in [-0.39, 0.29) is 12.6 Å². The van der Waals surface area contributed by atoms with Crippen molar-refractivity contribution in [2.45, 2.75) is 25.4 Å². The molecule has 0 aromatic heterocycles. The van der Waals surface area contributed by atoms with E-state index in [2.05, 4.69) is 5.32 Å². The quantitative estimate of drug-likeness (QED) is 0.677. The Hall–Kier alpha value is -1.39. The SMILES string of the molecule is CCC(CO)NC(C(=O)O)c1ccccc1. The summed E-state index contributed by atoms with van der Waals surface area (Å²) in [4.78, 5) is 11.1. The third-order valence-electron chi connectivity index (χ3n) is 2.50. The first-order valence-electron chi connectivity index (χ1n) is 5.33. The van der Waals surface area contributed by atoms with E-state index in [9.17, 15) is 4.79 Å². The lowest BCUT2D eigenvalue weighted by atomic mass is 10.1. The van der Waals surface area contributed by atoms with Crippen LogP contribution in [0.1, 0.15) is 24.9 Å². The summed E-state index contributed by atoms with van der Waals surface area (Å²) in [5.74, 6) is -0.932. The number of carboxylic acids is 1. The highest BCUT2D eigenvalue weighted by Crippen LogP contribution is 2.14. The molecule has 0 spiro atoms. The molecular formula is C12H17NO3. The molecule has 1 aromatic rings. The van der Waals surface area contributed by atoms with Crippen molar-refractivity contribution in [3.63, 3.8) is 0 Å². The van der Waals surface area contributed by atoms with Crippen molar-refractivity contribution < 1.29 is 15.0 Å². The Labute approximate surface area is 94.9 Å². The van der Waals surface area contributed by atoms with E-state index in [1.54, 1.807) is 24.3 Å². The lowest BCUT2D eigenvalue weighted by molar-refractivity contribution is -0.140. The van der Waals surface area contributed by atoms with Gasteiger partial charge in [-0.2, -0.15) is 0 Å². The summed E-state index contributed by atoms with van der Waals surface area (Å²) in [6.45, 7) is 1.84. The first-order valence-corrected chi connectivity index (χ1v) is 5.33. The van der Waals surface area contributed by atoms with E-state index in [4.69, 9.17) is 10.2 Å². The van der Waals surface area contributed by atoms with Crippen molar-refractivity contribution in [1.29, 1.82) is 0 Å².